The number of Topliss-reactive ketones (excluding diaryl/α,β-unsaturated/α-hetero) is 2. The van der Waals surface area contributed by atoms with Gasteiger partial charge in [-0.05, 0) is 31.5 Å². The molecule has 1 aliphatic rings. The molecule has 1 aromatic heterocycles. The minimum atomic E-state index is -1.11. The van der Waals surface area contributed by atoms with Gasteiger partial charge in [0.2, 0.25) is 5.76 Å². The fraction of sp³-hybridized carbons (Fsp3) is 0.263. The van der Waals surface area contributed by atoms with E-state index < -0.39 is 6.29 Å². The highest BCUT2D eigenvalue weighted by atomic mass is 16.7. The highest BCUT2D eigenvalue weighted by molar-refractivity contribution is 5.99. The van der Waals surface area contributed by atoms with E-state index in [0.29, 0.717) is 11.5 Å². The van der Waals surface area contributed by atoms with Crippen molar-refractivity contribution in [2.24, 2.45) is 0 Å². The maximum atomic E-state index is 12.8. The molecule has 0 saturated carbocycles. The molecule has 0 radical (unpaired) electrons. The Balaban J connectivity index is 1.84. The topological polar surface area (TPSA) is 57.5 Å². The molecule has 3 rings (SSSR count). The number of carbonyl (C=O) groups is 2. The summed E-state index contributed by atoms with van der Waals surface area (Å²) in [6, 6.07) is 13.4. The van der Waals surface area contributed by atoms with E-state index in [1.165, 1.54) is 6.92 Å². The molecular formula is C19H19NO4. The fourth-order valence-corrected chi connectivity index (χ4v) is 2.82. The molecule has 2 aromatic rings. The molecule has 0 bridgehead atoms. The van der Waals surface area contributed by atoms with Gasteiger partial charge < -0.3 is 14.0 Å². The second-order valence-corrected chi connectivity index (χ2v) is 5.76. The zero-order chi connectivity index (χ0) is 17.3. The van der Waals surface area contributed by atoms with Crippen LogP contribution in [0.15, 0.2) is 60.2 Å². The Bertz CT molecular complexity index is 804. The largest absolute Gasteiger partial charge is 0.448 e. The van der Waals surface area contributed by atoms with Gasteiger partial charge in [-0.15, -0.1) is 0 Å². The molecule has 5 nitrogen and oxygen atoms in total. The molecule has 0 amide bonds. The van der Waals surface area contributed by atoms with Crippen LogP contribution in [-0.4, -0.2) is 22.4 Å². The second-order valence-electron chi connectivity index (χ2n) is 5.76. The molecular weight excluding hydrogens is 306 g/mol. The summed E-state index contributed by atoms with van der Waals surface area (Å²) in [7, 11) is 0. The standard InChI is InChI=1S/C19H19NO4/c1-12(15-8-5-4-6-9-15)20-11-7-10-16(20)17(22)19-23-14(3)18(24-19)13(2)21/h4-12,19H,1-3H3/t12-,19?/m1/s1. The number of allylic oxidation sites excluding steroid dienone is 2. The van der Waals surface area contributed by atoms with E-state index in [-0.39, 0.29) is 23.4 Å². The van der Waals surface area contributed by atoms with E-state index in [9.17, 15) is 9.59 Å². The average Bonchev–Trinajstić information content (AvgIpc) is 3.21. The summed E-state index contributed by atoms with van der Waals surface area (Å²) in [4.78, 5) is 24.3. The molecule has 2 heterocycles. The Kier molecular flexibility index (Phi) is 4.25. The number of carbonyl (C=O) groups excluding carboxylic acids is 2. The van der Waals surface area contributed by atoms with E-state index in [2.05, 4.69) is 0 Å². The summed E-state index contributed by atoms with van der Waals surface area (Å²) in [5.74, 6) is -0.105. The first kappa shape index (κ1) is 16.1. The van der Waals surface area contributed by atoms with Crippen LogP contribution in [0.5, 0.6) is 0 Å². The molecule has 124 valence electrons. The number of benzene rings is 1. The van der Waals surface area contributed by atoms with Gasteiger partial charge in [0.1, 0.15) is 5.76 Å². The first-order chi connectivity index (χ1) is 11.5. The van der Waals surface area contributed by atoms with Gasteiger partial charge in [0.15, 0.2) is 5.78 Å². The lowest BCUT2D eigenvalue weighted by atomic mass is 10.1. The van der Waals surface area contributed by atoms with E-state index in [4.69, 9.17) is 9.47 Å². The van der Waals surface area contributed by atoms with Gasteiger partial charge in [-0.2, -0.15) is 0 Å². The SMILES string of the molecule is CC(=O)C1=C(C)OC(C(=O)c2cccn2[C@H](C)c2ccccc2)O1. The lowest BCUT2D eigenvalue weighted by Gasteiger charge is -2.19. The summed E-state index contributed by atoms with van der Waals surface area (Å²) in [5, 5.41) is 0. The number of nitrogens with zero attached hydrogens (tertiary/aromatic N) is 1. The lowest BCUT2D eigenvalue weighted by molar-refractivity contribution is -0.118. The number of ketones is 2. The number of aromatic nitrogens is 1. The van der Waals surface area contributed by atoms with Crippen molar-refractivity contribution >= 4 is 11.6 Å². The van der Waals surface area contributed by atoms with E-state index in [1.807, 2.05) is 54.1 Å². The quantitative estimate of drug-likeness (QED) is 0.790. The summed E-state index contributed by atoms with van der Waals surface area (Å²) in [6.45, 7) is 5.03. The van der Waals surface area contributed by atoms with Crippen LogP contribution in [0, 0.1) is 0 Å². The Morgan fingerprint density at radius 1 is 1.08 bits per heavy atom. The van der Waals surface area contributed by atoms with Crippen LogP contribution in [0.25, 0.3) is 0 Å². The van der Waals surface area contributed by atoms with Gasteiger partial charge >= 0.3 is 6.29 Å². The van der Waals surface area contributed by atoms with Gasteiger partial charge in [-0.1, -0.05) is 30.3 Å². The summed E-state index contributed by atoms with van der Waals surface area (Å²) < 4.78 is 12.7. The molecule has 1 unspecified atom stereocenters. The molecule has 1 aliphatic heterocycles. The molecule has 0 fully saturated rings. The number of rotatable bonds is 5. The first-order valence-electron chi connectivity index (χ1n) is 7.80. The molecule has 1 aromatic carbocycles. The number of hydrogen-bond donors (Lipinski definition) is 0. The first-order valence-corrected chi connectivity index (χ1v) is 7.80. The highest BCUT2D eigenvalue weighted by Crippen LogP contribution is 2.27. The third-order valence-electron chi connectivity index (χ3n) is 4.09. The fourth-order valence-electron chi connectivity index (χ4n) is 2.82. The summed E-state index contributed by atoms with van der Waals surface area (Å²) >= 11 is 0. The van der Waals surface area contributed by atoms with Gasteiger partial charge in [-0.3, -0.25) is 9.59 Å². The molecule has 2 atom stereocenters. The molecule has 0 N–H and O–H groups in total. The van der Waals surface area contributed by atoms with Crippen LogP contribution in [0.1, 0.15) is 42.9 Å². The van der Waals surface area contributed by atoms with Crippen molar-refractivity contribution < 1.29 is 19.1 Å². The maximum Gasteiger partial charge on any atom is 0.307 e. The third-order valence-corrected chi connectivity index (χ3v) is 4.09. The maximum absolute atomic E-state index is 12.8. The Hall–Kier alpha value is -2.82. The van der Waals surface area contributed by atoms with Crippen LogP contribution >= 0.6 is 0 Å². The highest BCUT2D eigenvalue weighted by Gasteiger charge is 2.35. The Morgan fingerprint density at radius 3 is 2.42 bits per heavy atom. The molecule has 24 heavy (non-hydrogen) atoms. The van der Waals surface area contributed by atoms with Crippen LogP contribution in [0.3, 0.4) is 0 Å². The van der Waals surface area contributed by atoms with Crippen molar-refractivity contribution in [2.75, 3.05) is 0 Å². The predicted octanol–water partition coefficient (Wildman–Crippen LogP) is 3.47. The van der Waals surface area contributed by atoms with E-state index in [1.54, 1.807) is 13.0 Å². The third kappa shape index (κ3) is 2.85. The lowest BCUT2D eigenvalue weighted by Crippen LogP contribution is -2.26. The number of ether oxygens (including phenoxy) is 2. The second kappa shape index (κ2) is 6.35. The summed E-state index contributed by atoms with van der Waals surface area (Å²) in [5.41, 5.74) is 1.57. The van der Waals surface area contributed by atoms with Crippen molar-refractivity contribution in [1.29, 1.82) is 0 Å². The monoisotopic (exact) mass is 325 g/mol. The van der Waals surface area contributed by atoms with Crippen LogP contribution in [-0.2, 0) is 14.3 Å². The minimum absolute atomic E-state index is 0.0112. The van der Waals surface area contributed by atoms with Crippen molar-refractivity contribution in [3.05, 3.63) is 71.4 Å². The van der Waals surface area contributed by atoms with E-state index in [0.717, 1.165) is 5.56 Å². The Morgan fingerprint density at radius 2 is 1.79 bits per heavy atom. The van der Waals surface area contributed by atoms with Gasteiger partial charge in [-0.25, -0.2) is 0 Å². The summed E-state index contributed by atoms with van der Waals surface area (Å²) in [6.07, 6.45) is 0.743. The van der Waals surface area contributed by atoms with Gasteiger partial charge in [0.05, 0.1) is 11.7 Å². The van der Waals surface area contributed by atoms with Gasteiger partial charge in [0, 0.05) is 13.1 Å². The average molecular weight is 325 g/mol. The van der Waals surface area contributed by atoms with Crippen molar-refractivity contribution in [2.45, 2.75) is 33.1 Å². The van der Waals surface area contributed by atoms with Crippen LogP contribution in [0.2, 0.25) is 0 Å². The molecule has 0 aliphatic carbocycles. The molecule has 0 spiro atoms. The van der Waals surface area contributed by atoms with Crippen LogP contribution in [0.4, 0.5) is 0 Å². The molecule has 5 heteroatoms. The van der Waals surface area contributed by atoms with Crippen molar-refractivity contribution in [3.8, 4) is 0 Å². The van der Waals surface area contributed by atoms with Crippen molar-refractivity contribution in [3.63, 3.8) is 0 Å². The van der Waals surface area contributed by atoms with Crippen LogP contribution < -0.4 is 0 Å². The molecule has 0 saturated heterocycles. The smallest absolute Gasteiger partial charge is 0.307 e. The van der Waals surface area contributed by atoms with Gasteiger partial charge in [0.25, 0.3) is 5.78 Å². The van der Waals surface area contributed by atoms with E-state index >= 15 is 0 Å². The zero-order valence-corrected chi connectivity index (χ0v) is 13.9. The predicted molar refractivity (Wildman–Crippen MR) is 88.4 cm³/mol. The normalized spacial score (nSPS) is 18.0. The minimum Gasteiger partial charge on any atom is -0.448 e. The van der Waals surface area contributed by atoms with Crippen molar-refractivity contribution in [1.82, 2.24) is 4.57 Å². The zero-order valence-electron chi connectivity index (χ0n) is 13.9. The Labute approximate surface area is 140 Å². The number of hydrogen-bond acceptors (Lipinski definition) is 4.